The Labute approximate surface area is 177 Å². The smallest absolute Gasteiger partial charge is 0.257 e. The van der Waals surface area contributed by atoms with Gasteiger partial charge in [-0.1, -0.05) is 56.3 Å². The van der Waals surface area contributed by atoms with Gasteiger partial charge in [0.1, 0.15) is 0 Å². The summed E-state index contributed by atoms with van der Waals surface area (Å²) in [7, 11) is 0. The number of carbonyl (C=O) groups excluding carboxylic acids is 2. The zero-order valence-electron chi connectivity index (χ0n) is 17.4. The van der Waals surface area contributed by atoms with Crippen LogP contribution in [0.15, 0.2) is 78.9 Å². The molecule has 0 aliphatic carbocycles. The summed E-state index contributed by atoms with van der Waals surface area (Å²) in [6.07, 6.45) is 0. The normalized spacial score (nSPS) is 10.6. The second-order valence-corrected chi connectivity index (χ2v) is 6.98. The SMILES string of the molecule is CCN(CC)Cc1cccc(NC(=O)c2ccccc2NC(=O)c2ccccc2)c1. The Morgan fingerprint density at radius 1 is 0.767 bits per heavy atom. The van der Waals surface area contributed by atoms with Gasteiger partial charge in [0.25, 0.3) is 11.8 Å². The zero-order valence-corrected chi connectivity index (χ0v) is 17.4. The van der Waals surface area contributed by atoms with E-state index in [2.05, 4.69) is 35.4 Å². The summed E-state index contributed by atoms with van der Waals surface area (Å²) in [5.74, 6) is -0.518. The Morgan fingerprint density at radius 2 is 1.47 bits per heavy atom. The third kappa shape index (κ3) is 5.55. The van der Waals surface area contributed by atoms with Gasteiger partial charge in [-0.25, -0.2) is 0 Å². The number of rotatable bonds is 8. The molecule has 154 valence electrons. The molecule has 3 rings (SSSR count). The van der Waals surface area contributed by atoms with E-state index < -0.39 is 0 Å². The molecular weight excluding hydrogens is 374 g/mol. The van der Waals surface area contributed by atoms with E-state index in [4.69, 9.17) is 0 Å². The molecule has 3 aromatic rings. The van der Waals surface area contributed by atoms with Crippen molar-refractivity contribution in [1.29, 1.82) is 0 Å². The van der Waals surface area contributed by atoms with Gasteiger partial charge >= 0.3 is 0 Å². The zero-order chi connectivity index (χ0) is 21.3. The van der Waals surface area contributed by atoms with Crippen LogP contribution in [0.2, 0.25) is 0 Å². The molecule has 5 heteroatoms. The first-order valence-electron chi connectivity index (χ1n) is 10.2. The molecule has 0 saturated heterocycles. The minimum absolute atomic E-state index is 0.253. The van der Waals surface area contributed by atoms with Crippen LogP contribution in [0.1, 0.15) is 40.1 Å². The first-order chi connectivity index (χ1) is 14.6. The number of hydrogen-bond acceptors (Lipinski definition) is 3. The number of hydrogen-bond donors (Lipinski definition) is 2. The Balaban J connectivity index is 1.74. The molecular formula is C25H27N3O2. The predicted octanol–water partition coefficient (Wildman–Crippen LogP) is 5.03. The quantitative estimate of drug-likeness (QED) is 0.556. The topological polar surface area (TPSA) is 61.4 Å². The molecule has 30 heavy (non-hydrogen) atoms. The summed E-state index contributed by atoms with van der Waals surface area (Å²) in [6.45, 7) is 7.05. The van der Waals surface area contributed by atoms with Crippen LogP contribution in [-0.4, -0.2) is 29.8 Å². The fourth-order valence-electron chi connectivity index (χ4n) is 3.23. The van der Waals surface area contributed by atoms with E-state index in [1.54, 1.807) is 48.5 Å². The number of nitrogens with one attached hydrogen (secondary N) is 2. The second kappa shape index (κ2) is 10.4. The molecule has 0 bridgehead atoms. The Bertz CT molecular complexity index is 998. The molecule has 0 atom stereocenters. The number of benzene rings is 3. The monoisotopic (exact) mass is 401 g/mol. The molecule has 0 radical (unpaired) electrons. The van der Waals surface area contributed by atoms with Crippen LogP contribution in [0, 0.1) is 0 Å². The van der Waals surface area contributed by atoms with Gasteiger partial charge in [0.05, 0.1) is 11.3 Å². The minimum Gasteiger partial charge on any atom is -0.322 e. The molecule has 0 fully saturated rings. The van der Waals surface area contributed by atoms with Crippen LogP contribution >= 0.6 is 0 Å². The lowest BCUT2D eigenvalue weighted by atomic mass is 10.1. The number of nitrogens with zero attached hydrogens (tertiary/aromatic N) is 1. The maximum Gasteiger partial charge on any atom is 0.257 e. The van der Waals surface area contributed by atoms with Gasteiger partial charge < -0.3 is 10.6 Å². The largest absolute Gasteiger partial charge is 0.322 e. The highest BCUT2D eigenvalue weighted by molar-refractivity contribution is 6.12. The first-order valence-corrected chi connectivity index (χ1v) is 10.2. The van der Waals surface area contributed by atoms with Crippen molar-refractivity contribution in [3.8, 4) is 0 Å². The molecule has 0 unspecified atom stereocenters. The summed E-state index contributed by atoms with van der Waals surface area (Å²) in [6, 6.07) is 23.8. The molecule has 0 aliphatic heterocycles. The lowest BCUT2D eigenvalue weighted by Crippen LogP contribution is -2.22. The van der Waals surface area contributed by atoms with Crippen LogP contribution in [0.4, 0.5) is 11.4 Å². The lowest BCUT2D eigenvalue weighted by molar-refractivity contribution is 0.102. The molecule has 0 spiro atoms. The van der Waals surface area contributed by atoms with Gasteiger partial charge in [-0.05, 0) is 55.1 Å². The summed E-state index contributed by atoms with van der Waals surface area (Å²) in [5.41, 5.74) is 3.30. The van der Waals surface area contributed by atoms with Gasteiger partial charge in [-0.15, -0.1) is 0 Å². The van der Waals surface area contributed by atoms with Gasteiger partial charge in [0, 0.05) is 17.8 Å². The van der Waals surface area contributed by atoms with Crippen molar-refractivity contribution in [2.45, 2.75) is 20.4 Å². The molecule has 2 amide bonds. The van der Waals surface area contributed by atoms with Gasteiger partial charge in [-0.3, -0.25) is 14.5 Å². The van der Waals surface area contributed by atoms with Gasteiger partial charge in [-0.2, -0.15) is 0 Å². The van der Waals surface area contributed by atoms with E-state index in [9.17, 15) is 9.59 Å². The molecule has 2 N–H and O–H groups in total. The molecule has 0 aromatic heterocycles. The van der Waals surface area contributed by atoms with Crippen LogP contribution in [0.5, 0.6) is 0 Å². The van der Waals surface area contributed by atoms with E-state index in [1.807, 2.05) is 24.3 Å². The number of para-hydroxylation sites is 1. The maximum atomic E-state index is 12.9. The van der Waals surface area contributed by atoms with Crippen molar-refractivity contribution < 1.29 is 9.59 Å². The van der Waals surface area contributed by atoms with E-state index in [1.165, 1.54) is 0 Å². The molecule has 0 heterocycles. The molecule has 0 saturated carbocycles. The van der Waals surface area contributed by atoms with Crippen molar-refractivity contribution in [2.75, 3.05) is 23.7 Å². The molecule has 5 nitrogen and oxygen atoms in total. The summed E-state index contributed by atoms with van der Waals surface area (Å²) >= 11 is 0. The highest BCUT2D eigenvalue weighted by atomic mass is 16.2. The van der Waals surface area contributed by atoms with Crippen LogP contribution in [0.25, 0.3) is 0 Å². The fourth-order valence-corrected chi connectivity index (χ4v) is 3.23. The third-order valence-electron chi connectivity index (χ3n) is 4.94. The van der Waals surface area contributed by atoms with Crippen molar-refractivity contribution in [2.24, 2.45) is 0 Å². The van der Waals surface area contributed by atoms with Crippen molar-refractivity contribution in [1.82, 2.24) is 4.90 Å². The van der Waals surface area contributed by atoms with Crippen molar-refractivity contribution in [3.63, 3.8) is 0 Å². The predicted molar refractivity (Wildman–Crippen MR) is 122 cm³/mol. The van der Waals surface area contributed by atoms with E-state index >= 15 is 0 Å². The van der Waals surface area contributed by atoms with E-state index in [0.717, 1.165) is 30.9 Å². The third-order valence-corrected chi connectivity index (χ3v) is 4.94. The van der Waals surface area contributed by atoms with Gasteiger partial charge in [0.2, 0.25) is 0 Å². The van der Waals surface area contributed by atoms with Crippen LogP contribution < -0.4 is 10.6 Å². The summed E-state index contributed by atoms with van der Waals surface area (Å²) < 4.78 is 0. The Hall–Kier alpha value is -3.44. The number of anilines is 2. The molecule has 0 aliphatic rings. The standard InChI is InChI=1S/C25H27N3O2/c1-3-28(4-2)18-19-11-10-14-21(17-19)26-25(30)22-15-8-9-16-23(22)27-24(29)20-12-6-5-7-13-20/h5-17H,3-4,18H2,1-2H3,(H,26,30)(H,27,29). The summed E-state index contributed by atoms with van der Waals surface area (Å²) in [5, 5.41) is 5.79. The Kier molecular flexibility index (Phi) is 7.35. The number of amides is 2. The maximum absolute atomic E-state index is 12.9. The minimum atomic E-state index is -0.265. The fraction of sp³-hybridized carbons (Fsp3) is 0.200. The summed E-state index contributed by atoms with van der Waals surface area (Å²) in [4.78, 5) is 27.7. The van der Waals surface area contributed by atoms with Gasteiger partial charge in [0.15, 0.2) is 0 Å². The van der Waals surface area contributed by atoms with E-state index in [-0.39, 0.29) is 11.8 Å². The highest BCUT2D eigenvalue weighted by Gasteiger charge is 2.14. The Morgan fingerprint density at radius 3 is 2.20 bits per heavy atom. The van der Waals surface area contributed by atoms with E-state index in [0.29, 0.717) is 16.8 Å². The van der Waals surface area contributed by atoms with Crippen molar-refractivity contribution >= 4 is 23.2 Å². The second-order valence-electron chi connectivity index (χ2n) is 6.98. The average molecular weight is 402 g/mol. The lowest BCUT2D eigenvalue weighted by Gasteiger charge is -2.18. The first kappa shape index (κ1) is 21.3. The van der Waals surface area contributed by atoms with Crippen LogP contribution in [0.3, 0.4) is 0 Å². The van der Waals surface area contributed by atoms with Crippen LogP contribution in [-0.2, 0) is 6.54 Å². The highest BCUT2D eigenvalue weighted by Crippen LogP contribution is 2.19. The van der Waals surface area contributed by atoms with Crippen molar-refractivity contribution in [3.05, 3.63) is 95.6 Å². The molecule has 3 aromatic carbocycles. The average Bonchev–Trinajstić information content (AvgIpc) is 2.78. The number of carbonyl (C=O) groups is 2.